The Bertz CT molecular complexity index is 715. The molecular formula is C23H30N2O2. The average molecular weight is 367 g/mol. The lowest BCUT2D eigenvalue weighted by molar-refractivity contribution is -0.131. The van der Waals surface area contributed by atoms with Crippen LogP contribution in [0, 0.1) is 0 Å². The molecule has 2 aromatic carbocycles. The molecule has 1 aliphatic heterocycles. The molecule has 1 fully saturated rings. The molecule has 2 aromatic rings. The third-order valence-electron chi connectivity index (χ3n) is 5.15. The van der Waals surface area contributed by atoms with E-state index in [1.807, 2.05) is 54.4 Å². The SMILES string of the molecule is CCCC(N[C@@H]1CCCCN(C)C1=O)c1ccc(Oc2ccccc2)cc1. The number of benzene rings is 2. The molecular weight excluding hydrogens is 336 g/mol. The van der Waals surface area contributed by atoms with Gasteiger partial charge in [-0.15, -0.1) is 0 Å². The first-order valence-electron chi connectivity index (χ1n) is 10.0. The second-order valence-electron chi connectivity index (χ2n) is 7.30. The number of hydrogen-bond acceptors (Lipinski definition) is 3. The summed E-state index contributed by atoms with van der Waals surface area (Å²) in [6, 6.07) is 18.1. The summed E-state index contributed by atoms with van der Waals surface area (Å²) in [5.41, 5.74) is 1.21. The van der Waals surface area contributed by atoms with E-state index in [2.05, 4.69) is 24.4 Å². The quantitative estimate of drug-likeness (QED) is 0.756. The number of ether oxygens (including phenoxy) is 1. The van der Waals surface area contributed by atoms with Crippen LogP contribution >= 0.6 is 0 Å². The molecule has 1 N–H and O–H groups in total. The highest BCUT2D eigenvalue weighted by Crippen LogP contribution is 2.26. The lowest BCUT2D eigenvalue weighted by atomic mass is 9.99. The number of para-hydroxylation sites is 1. The molecule has 4 nitrogen and oxygen atoms in total. The normalized spacial score (nSPS) is 18.8. The van der Waals surface area contributed by atoms with Crippen LogP contribution in [-0.4, -0.2) is 30.4 Å². The zero-order valence-corrected chi connectivity index (χ0v) is 16.4. The molecule has 0 aromatic heterocycles. The minimum Gasteiger partial charge on any atom is -0.457 e. The highest BCUT2D eigenvalue weighted by Gasteiger charge is 2.27. The molecule has 144 valence electrons. The van der Waals surface area contributed by atoms with Gasteiger partial charge in [0.2, 0.25) is 5.91 Å². The Morgan fingerprint density at radius 3 is 2.48 bits per heavy atom. The number of likely N-dealkylation sites (N-methyl/N-ethyl adjacent to an activating group) is 1. The first-order valence-corrected chi connectivity index (χ1v) is 10.0. The van der Waals surface area contributed by atoms with E-state index in [1.165, 1.54) is 5.56 Å². The summed E-state index contributed by atoms with van der Waals surface area (Å²) >= 11 is 0. The Morgan fingerprint density at radius 2 is 1.78 bits per heavy atom. The molecule has 1 aliphatic rings. The maximum Gasteiger partial charge on any atom is 0.239 e. The van der Waals surface area contributed by atoms with Crippen molar-refractivity contribution < 1.29 is 9.53 Å². The van der Waals surface area contributed by atoms with Crippen LogP contribution in [0.25, 0.3) is 0 Å². The van der Waals surface area contributed by atoms with Crippen molar-refractivity contribution in [3.05, 3.63) is 60.2 Å². The van der Waals surface area contributed by atoms with Gasteiger partial charge >= 0.3 is 0 Å². The van der Waals surface area contributed by atoms with Gasteiger partial charge in [-0.05, 0) is 55.5 Å². The van der Waals surface area contributed by atoms with Crippen LogP contribution in [0.1, 0.15) is 50.6 Å². The summed E-state index contributed by atoms with van der Waals surface area (Å²) in [5, 5.41) is 3.63. The molecule has 0 aliphatic carbocycles. The molecule has 4 heteroatoms. The summed E-state index contributed by atoms with van der Waals surface area (Å²) in [7, 11) is 1.91. The summed E-state index contributed by atoms with van der Waals surface area (Å²) in [6.45, 7) is 3.05. The zero-order chi connectivity index (χ0) is 19.1. The van der Waals surface area contributed by atoms with E-state index in [0.717, 1.165) is 50.1 Å². The van der Waals surface area contributed by atoms with Crippen LogP contribution in [-0.2, 0) is 4.79 Å². The minimum atomic E-state index is -0.0886. The summed E-state index contributed by atoms with van der Waals surface area (Å²) in [5.74, 6) is 1.88. The van der Waals surface area contributed by atoms with E-state index in [-0.39, 0.29) is 18.0 Å². The fourth-order valence-corrected chi connectivity index (χ4v) is 3.62. The van der Waals surface area contributed by atoms with Crippen molar-refractivity contribution in [1.82, 2.24) is 10.2 Å². The predicted octanol–water partition coefficient (Wildman–Crippen LogP) is 4.92. The molecule has 27 heavy (non-hydrogen) atoms. The van der Waals surface area contributed by atoms with Crippen LogP contribution in [0.5, 0.6) is 11.5 Å². The van der Waals surface area contributed by atoms with Crippen molar-refractivity contribution in [3.63, 3.8) is 0 Å². The minimum absolute atomic E-state index is 0.0886. The van der Waals surface area contributed by atoms with Crippen molar-refractivity contribution in [1.29, 1.82) is 0 Å². The number of carbonyl (C=O) groups is 1. The van der Waals surface area contributed by atoms with E-state index >= 15 is 0 Å². The van der Waals surface area contributed by atoms with E-state index < -0.39 is 0 Å². The van der Waals surface area contributed by atoms with Crippen molar-refractivity contribution in [3.8, 4) is 11.5 Å². The van der Waals surface area contributed by atoms with E-state index in [4.69, 9.17) is 4.74 Å². The third kappa shape index (κ3) is 5.33. The van der Waals surface area contributed by atoms with Gasteiger partial charge in [0.25, 0.3) is 0 Å². The Balaban J connectivity index is 1.69. The van der Waals surface area contributed by atoms with E-state index in [9.17, 15) is 4.79 Å². The van der Waals surface area contributed by atoms with Crippen molar-refractivity contribution in [2.24, 2.45) is 0 Å². The van der Waals surface area contributed by atoms with Gasteiger partial charge in [0.15, 0.2) is 0 Å². The summed E-state index contributed by atoms with van der Waals surface area (Å²) < 4.78 is 5.89. The average Bonchev–Trinajstić information content (AvgIpc) is 2.85. The van der Waals surface area contributed by atoms with Crippen LogP contribution in [0.4, 0.5) is 0 Å². The molecule has 0 spiro atoms. The van der Waals surface area contributed by atoms with Gasteiger partial charge in [-0.1, -0.05) is 43.7 Å². The van der Waals surface area contributed by atoms with Crippen molar-refractivity contribution >= 4 is 5.91 Å². The second kappa shape index (κ2) is 9.56. The molecule has 1 saturated heterocycles. The van der Waals surface area contributed by atoms with Crippen LogP contribution in [0.2, 0.25) is 0 Å². The molecule has 3 rings (SSSR count). The number of likely N-dealkylation sites (tertiary alicyclic amines) is 1. The summed E-state index contributed by atoms with van der Waals surface area (Å²) in [6.07, 6.45) is 5.17. The van der Waals surface area contributed by atoms with Gasteiger partial charge in [-0.2, -0.15) is 0 Å². The van der Waals surface area contributed by atoms with Gasteiger partial charge < -0.3 is 9.64 Å². The Labute approximate surface area is 162 Å². The molecule has 0 bridgehead atoms. The lowest BCUT2D eigenvalue weighted by Crippen LogP contribution is -2.45. The largest absolute Gasteiger partial charge is 0.457 e. The predicted molar refractivity (Wildman–Crippen MR) is 109 cm³/mol. The number of nitrogens with one attached hydrogen (secondary N) is 1. The van der Waals surface area contributed by atoms with Crippen LogP contribution in [0.3, 0.4) is 0 Å². The van der Waals surface area contributed by atoms with Gasteiger partial charge in [0.05, 0.1) is 6.04 Å². The number of hydrogen-bond donors (Lipinski definition) is 1. The number of carbonyl (C=O) groups excluding carboxylic acids is 1. The van der Waals surface area contributed by atoms with Crippen molar-refractivity contribution in [2.75, 3.05) is 13.6 Å². The monoisotopic (exact) mass is 366 g/mol. The lowest BCUT2D eigenvalue weighted by Gasteiger charge is -2.26. The molecule has 0 saturated carbocycles. The Hall–Kier alpha value is -2.33. The molecule has 1 amide bonds. The summed E-state index contributed by atoms with van der Waals surface area (Å²) in [4.78, 5) is 14.5. The maximum absolute atomic E-state index is 12.6. The fraction of sp³-hybridized carbons (Fsp3) is 0.435. The third-order valence-corrected chi connectivity index (χ3v) is 5.15. The number of nitrogens with zero attached hydrogens (tertiary/aromatic N) is 1. The highest BCUT2D eigenvalue weighted by molar-refractivity contribution is 5.81. The topological polar surface area (TPSA) is 41.6 Å². The maximum atomic E-state index is 12.6. The molecule has 2 atom stereocenters. The van der Waals surface area contributed by atoms with Crippen molar-refractivity contribution in [2.45, 2.75) is 51.1 Å². The van der Waals surface area contributed by atoms with Gasteiger partial charge in [-0.3, -0.25) is 10.1 Å². The Morgan fingerprint density at radius 1 is 1.07 bits per heavy atom. The van der Waals surface area contributed by atoms with E-state index in [0.29, 0.717) is 0 Å². The molecule has 1 unspecified atom stereocenters. The first kappa shape index (κ1) is 19.4. The number of rotatable bonds is 7. The Kier molecular flexibility index (Phi) is 6.88. The molecule has 0 radical (unpaired) electrons. The van der Waals surface area contributed by atoms with E-state index in [1.54, 1.807) is 0 Å². The van der Waals surface area contributed by atoms with Gasteiger partial charge in [-0.25, -0.2) is 0 Å². The zero-order valence-electron chi connectivity index (χ0n) is 16.4. The first-order chi connectivity index (χ1) is 13.2. The molecule has 1 heterocycles. The van der Waals surface area contributed by atoms with Gasteiger partial charge in [0.1, 0.15) is 11.5 Å². The standard InChI is InChI=1S/C23H30N2O2/c1-3-9-21(24-22-12-7-8-17-25(2)23(22)26)18-13-15-20(16-14-18)27-19-10-5-4-6-11-19/h4-6,10-11,13-16,21-22,24H,3,7-9,12,17H2,1-2H3/t21?,22-/m1/s1. The fourth-order valence-electron chi connectivity index (χ4n) is 3.62. The van der Waals surface area contributed by atoms with Crippen LogP contribution < -0.4 is 10.1 Å². The second-order valence-corrected chi connectivity index (χ2v) is 7.30. The smallest absolute Gasteiger partial charge is 0.239 e. The van der Waals surface area contributed by atoms with Crippen LogP contribution in [0.15, 0.2) is 54.6 Å². The highest BCUT2D eigenvalue weighted by atomic mass is 16.5. The number of amides is 1. The van der Waals surface area contributed by atoms with Gasteiger partial charge in [0, 0.05) is 19.6 Å².